The average molecular weight is 427 g/mol. The van der Waals surface area contributed by atoms with Gasteiger partial charge in [0.1, 0.15) is 23.4 Å². The molecule has 0 aromatic heterocycles. The van der Waals surface area contributed by atoms with Crippen LogP contribution in [0.25, 0.3) is 0 Å². The molecule has 166 valence electrons. The zero-order valence-corrected chi connectivity index (χ0v) is 18.5. The molecule has 4 rings (SSSR count). The van der Waals surface area contributed by atoms with Crippen LogP contribution >= 0.6 is 0 Å². The van der Waals surface area contributed by atoms with Crippen LogP contribution in [-0.4, -0.2) is 36.6 Å². The Morgan fingerprint density at radius 3 is 2.61 bits per heavy atom. The monoisotopic (exact) mass is 426 g/mol. The first-order chi connectivity index (χ1) is 14.9. The van der Waals surface area contributed by atoms with Gasteiger partial charge in [-0.05, 0) is 56.5 Å². The van der Waals surface area contributed by atoms with Gasteiger partial charge in [0.15, 0.2) is 0 Å². The van der Waals surface area contributed by atoms with E-state index in [4.69, 9.17) is 9.47 Å². The van der Waals surface area contributed by atoms with Crippen molar-refractivity contribution in [2.75, 3.05) is 19.7 Å². The lowest BCUT2D eigenvalue weighted by Gasteiger charge is -2.43. The fourth-order valence-electron chi connectivity index (χ4n) is 4.82. The Hall–Kier alpha value is -2.60. The molecule has 1 amide bonds. The molecule has 6 heteroatoms. The first-order valence-electron chi connectivity index (χ1n) is 11.1. The summed E-state index contributed by atoms with van der Waals surface area (Å²) in [4.78, 5) is 14.3. The fraction of sp³-hybridized carbons (Fsp3) is 0.480. The van der Waals surface area contributed by atoms with Gasteiger partial charge in [0.25, 0.3) is 0 Å². The molecular weight excluding hydrogens is 395 g/mol. The lowest BCUT2D eigenvalue weighted by molar-refractivity contribution is -0.121. The van der Waals surface area contributed by atoms with E-state index in [0.29, 0.717) is 6.61 Å². The molecule has 0 unspecified atom stereocenters. The number of nitrogens with one attached hydrogen (secondary N) is 1. The molecule has 0 aliphatic carbocycles. The van der Waals surface area contributed by atoms with E-state index in [1.807, 2.05) is 6.92 Å². The predicted octanol–water partition coefficient (Wildman–Crippen LogP) is 4.18. The molecule has 31 heavy (non-hydrogen) atoms. The summed E-state index contributed by atoms with van der Waals surface area (Å²) >= 11 is 0. The van der Waals surface area contributed by atoms with Gasteiger partial charge < -0.3 is 14.8 Å². The maximum atomic E-state index is 13.4. The summed E-state index contributed by atoms with van der Waals surface area (Å²) in [5, 5.41) is 3.15. The first-order valence-corrected chi connectivity index (χ1v) is 11.1. The predicted molar refractivity (Wildman–Crippen MR) is 118 cm³/mol. The highest BCUT2D eigenvalue weighted by Gasteiger charge is 2.37. The molecule has 2 heterocycles. The van der Waals surface area contributed by atoms with Gasteiger partial charge in [0.05, 0.1) is 12.1 Å². The van der Waals surface area contributed by atoms with Gasteiger partial charge >= 0.3 is 0 Å². The topological polar surface area (TPSA) is 50.8 Å². The van der Waals surface area contributed by atoms with Gasteiger partial charge in [0, 0.05) is 44.1 Å². The van der Waals surface area contributed by atoms with Crippen LogP contribution in [0.5, 0.6) is 11.5 Å². The second-order valence-corrected chi connectivity index (χ2v) is 8.68. The highest BCUT2D eigenvalue weighted by Crippen LogP contribution is 2.38. The van der Waals surface area contributed by atoms with E-state index in [0.717, 1.165) is 61.5 Å². The highest BCUT2D eigenvalue weighted by atomic mass is 19.1. The number of piperidine rings is 1. The molecule has 2 aromatic rings. The molecular formula is C25H31FN2O3. The Morgan fingerprint density at radius 2 is 1.97 bits per heavy atom. The molecule has 0 radical (unpaired) electrons. The minimum atomic E-state index is -0.463. The number of carbonyl (C=O) groups is 1. The second-order valence-electron chi connectivity index (χ2n) is 8.68. The maximum absolute atomic E-state index is 13.4. The Morgan fingerprint density at radius 1 is 1.26 bits per heavy atom. The van der Waals surface area contributed by atoms with E-state index in [2.05, 4.69) is 29.3 Å². The maximum Gasteiger partial charge on any atom is 0.217 e. The zero-order valence-electron chi connectivity index (χ0n) is 18.5. The zero-order chi connectivity index (χ0) is 22.0. The molecule has 5 nitrogen and oxygen atoms in total. The molecule has 0 spiro atoms. The first kappa shape index (κ1) is 21.6. The van der Waals surface area contributed by atoms with Crippen molar-refractivity contribution in [3.8, 4) is 11.5 Å². The van der Waals surface area contributed by atoms with Crippen molar-refractivity contribution < 1.29 is 18.7 Å². The van der Waals surface area contributed by atoms with Crippen LogP contribution in [0.2, 0.25) is 0 Å². The summed E-state index contributed by atoms with van der Waals surface area (Å²) in [6.45, 7) is 8.65. The number of rotatable bonds is 6. The van der Waals surface area contributed by atoms with Crippen LogP contribution in [0, 0.1) is 5.82 Å². The van der Waals surface area contributed by atoms with Gasteiger partial charge in [-0.2, -0.15) is 0 Å². The quantitative estimate of drug-likeness (QED) is 0.753. The normalized spacial score (nSPS) is 20.1. The van der Waals surface area contributed by atoms with Crippen molar-refractivity contribution in [2.24, 2.45) is 0 Å². The fourth-order valence-corrected chi connectivity index (χ4v) is 4.82. The van der Waals surface area contributed by atoms with Gasteiger partial charge in [-0.25, -0.2) is 4.39 Å². The van der Waals surface area contributed by atoms with Gasteiger partial charge in [-0.3, -0.25) is 9.69 Å². The third kappa shape index (κ3) is 4.69. The van der Waals surface area contributed by atoms with Crippen molar-refractivity contribution in [1.82, 2.24) is 10.2 Å². The molecule has 2 aromatic carbocycles. The molecule has 1 saturated heterocycles. The van der Waals surface area contributed by atoms with Gasteiger partial charge in [-0.1, -0.05) is 12.1 Å². The van der Waals surface area contributed by atoms with Crippen molar-refractivity contribution >= 4 is 5.91 Å². The van der Waals surface area contributed by atoms with Crippen molar-refractivity contribution in [2.45, 2.75) is 58.2 Å². The van der Waals surface area contributed by atoms with Gasteiger partial charge in [-0.15, -0.1) is 0 Å². The molecule has 0 bridgehead atoms. The number of amides is 1. The number of ether oxygens (including phenoxy) is 2. The molecule has 1 fully saturated rings. The Kier molecular flexibility index (Phi) is 6.19. The number of hydrogen-bond donors (Lipinski definition) is 1. The minimum absolute atomic E-state index is 0.0682. The van der Waals surface area contributed by atoms with Crippen molar-refractivity contribution in [3.63, 3.8) is 0 Å². The third-order valence-electron chi connectivity index (χ3n) is 6.29. The SMILES string of the molecule is CCOc1cc2c(cc1CN1CCC(NC(C)=O)(c3ccc(F)cc3)CC1)O[C@H](C)C2. The Bertz CT molecular complexity index is 937. The summed E-state index contributed by atoms with van der Waals surface area (Å²) in [5.74, 6) is 1.55. The summed E-state index contributed by atoms with van der Waals surface area (Å²) in [5.41, 5.74) is 2.83. The number of benzene rings is 2. The molecule has 0 saturated carbocycles. The molecule has 1 atom stereocenters. The van der Waals surface area contributed by atoms with Crippen molar-refractivity contribution in [3.05, 3.63) is 58.9 Å². The van der Waals surface area contributed by atoms with Crippen LogP contribution in [0.1, 0.15) is 50.3 Å². The van der Waals surface area contributed by atoms with E-state index < -0.39 is 5.54 Å². The molecule has 2 aliphatic heterocycles. The van der Waals surface area contributed by atoms with E-state index >= 15 is 0 Å². The van der Waals surface area contributed by atoms with Crippen LogP contribution in [0.4, 0.5) is 4.39 Å². The standard InChI is InChI=1S/C25H31FN2O3/c1-4-30-23-14-19-13-17(2)31-24(19)15-20(23)16-28-11-9-25(10-12-28,27-18(3)29)21-5-7-22(26)8-6-21/h5-8,14-15,17H,4,9-13,16H2,1-3H3,(H,27,29)/t17-/m1/s1. The number of likely N-dealkylation sites (tertiary alicyclic amines) is 1. The number of halogens is 1. The number of hydrogen-bond acceptors (Lipinski definition) is 4. The van der Waals surface area contributed by atoms with Crippen LogP contribution < -0.4 is 14.8 Å². The highest BCUT2D eigenvalue weighted by molar-refractivity contribution is 5.74. The summed E-state index contributed by atoms with van der Waals surface area (Å²) < 4.78 is 25.3. The van der Waals surface area contributed by atoms with E-state index in [9.17, 15) is 9.18 Å². The third-order valence-corrected chi connectivity index (χ3v) is 6.29. The smallest absolute Gasteiger partial charge is 0.217 e. The lowest BCUT2D eigenvalue weighted by atomic mass is 9.80. The largest absolute Gasteiger partial charge is 0.494 e. The van der Waals surface area contributed by atoms with Crippen LogP contribution in [0.15, 0.2) is 36.4 Å². The average Bonchev–Trinajstić information content (AvgIpc) is 3.09. The summed E-state index contributed by atoms with van der Waals surface area (Å²) in [7, 11) is 0. The van der Waals surface area contributed by atoms with Crippen LogP contribution in [0.3, 0.4) is 0 Å². The van der Waals surface area contributed by atoms with E-state index in [-0.39, 0.29) is 17.8 Å². The van der Waals surface area contributed by atoms with Crippen LogP contribution in [-0.2, 0) is 23.3 Å². The van der Waals surface area contributed by atoms with Gasteiger partial charge in [0.2, 0.25) is 5.91 Å². The summed E-state index contributed by atoms with van der Waals surface area (Å²) in [6, 6.07) is 10.7. The number of fused-ring (bicyclic) bond motifs is 1. The lowest BCUT2D eigenvalue weighted by Crippen LogP contribution is -2.52. The summed E-state index contributed by atoms with van der Waals surface area (Å²) in [6.07, 6.45) is 2.64. The number of carbonyl (C=O) groups excluding carboxylic acids is 1. The van der Waals surface area contributed by atoms with E-state index in [1.54, 1.807) is 12.1 Å². The number of nitrogens with zero attached hydrogens (tertiary/aromatic N) is 1. The second kappa shape index (κ2) is 8.87. The van der Waals surface area contributed by atoms with E-state index in [1.165, 1.54) is 24.6 Å². The molecule has 1 N–H and O–H groups in total. The minimum Gasteiger partial charge on any atom is -0.494 e. The molecule has 2 aliphatic rings. The Balaban J connectivity index is 1.51. The van der Waals surface area contributed by atoms with Crippen molar-refractivity contribution in [1.29, 1.82) is 0 Å². The Labute approximate surface area is 183 Å².